The molecule has 0 aliphatic heterocycles. The van der Waals surface area contributed by atoms with Crippen molar-refractivity contribution in [2.75, 3.05) is 13.7 Å². The van der Waals surface area contributed by atoms with Crippen molar-refractivity contribution in [2.45, 2.75) is 32.6 Å². The van der Waals surface area contributed by atoms with Crippen LogP contribution in [0.3, 0.4) is 0 Å². The summed E-state index contributed by atoms with van der Waals surface area (Å²) >= 11 is 0. The first-order valence-corrected chi connectivity index (χ1v) is 6.54. The number of hydrogen-bond donors (Lipinski definition) is 0. The zero-order valence-electron chi connectivity index (χ0n) is 11.8. The van der Waals surface area contributed by atoms with Gasteiger partial charge in [0.25, 0.3) is 0 Å². The third-order valence-corrected chi connectivity index (χ3v) is 3.40. The highest BCUT2D eigenvalue weighted by molar-refractivity contribution is 5.89. The van der Waals surface area contributed by atoms with Gasteiger partial charge in [-0.15, -0.1) is 0 Å². The molecule has 0 N–H and O–H groups in total. The summed E-state index contributed by atoms with van der Waals surface area (Å²) in [5.74, 6) is 0. The summed E-state index contributed by atoms with van der Waals surface area (Å²) in [4.78, 5) is 0. The summed E-state index contributed by atoms with van der Waals surface area (Å²) in [5.41, 5.74) is 2.97. The molecule has 1 nitrogen and oxygen atoms in total. The summed E-state index contributed by atoms with van der Waals surface area (Å²) in [6.07, 6.45) is 0.974. The van der Waals surface area contributed by atoms with Gasteiger partial charge in [-0.3, -0.25) is 0 Å². The zero-order chi connectivity index (χ0) is 13.2. The van der Waals surface area contributed by atoms with Gasteiger partial charge in [-0.25, -0.2) is 0 Å². The topological polar surface area (TPSA) is 9.23 Å². The van der Waals surface area contributed by atoms with Crippen molar-refractivity contribution in [3.05, 3.63) is 47.5 Å². The lowest BCUT2D eigenvalue weighted by Crippen LogP contribution is -2.11. The molecule has 96 valence electrons. The molecule has 0 saturated heterocycles. The molecule has 0 unspecified atom stereocenters. The van der Waals surface area contributed by atoms with Crippen LogP contribution in [-0.2, 0) is 16.6 Å². The number of rotatable bonds is 3. The normalized spacial score (nSPS) is 12.0. The minimum absolute atomic E-state index is 0.180. The van der Waals surface area contributed by atoms with Crippen LogP contribution in [0.25, 0.3) is 10.8 Å². The van der Waals surface area contributed by atoms with E-state index in [0.29, 0.717) is 0 Å². The van der Waals surface area contributed by atoms with Crippen molar-refractivity contribution in [3.8, 4) is 0 Å². The molecule has 0 heterocycles. The summed E-state index contributed by atoms with van der Waals surface area (Å²) in [6, 6.07) is 13.2. The maximum absolute atomic E-state index is 5.19. The Kier molecular flexibility index (Phi) is 3.72. The molecule has 0 aliphatic carbocycles. The molecule has 18 heavy (non-hydrogen) atoms. The smallest absolute Gasteiger partial charge is 0.0502 e. The monoisotopic (exact) mass is 242 g/mol. The Labute approximate surface area is 110 Å². The van der Waals surface area contributed by atoms with Gasteiger partial charge in [0.05, 0.1) is 6.61 Å². The quantitative estimate of drug-likeness (QED) is 0.778. The average Bonchev–Trinajstić information content (AvgIpc) is 2.34. The van der Waals surface area contributed by atoms with Gasteiger partial charge in [0, 0.05) is 7.11 Å². The molecule has 0 aromatic heterocycles. The molecule has 2 aromatic carbocycles. The van der Waals surface area contributed by atoms with Gasteiger partial charge in [-0.2, -0.15) is 0 Å². The highest BCUT2D eigenvalue weighted by Crippen LogP contribution is 2.31. The highest BCUT2D eigenvalue weighted by atomic mass is 16.5. The van der Waals surface area contributed by atoms with Crippen LogP contribution in [0.5, 0.6) is 0 Å². The molecule has 0 spiro atoms. The third-order valence-electron chi connectivity index (χ3n) is 3.40. The fraction of sp³-hybridized carbons (Fsp3) is 0.412. The van der Waals surface area contributed by atoms with E-state index in [0.717, 1.165) is 13.0 Å². The van der Waals surface area contributed by atoms with Gasteiger partial charge in [-0.1, -0.05) is 57.2 Å². The fourth-order valence-corrected chi connectivity index (χ4v) is 2.46. The Balaban J connectivity index is 2.58. The number of hydrogen-bond acceptors (Lipinski definition) is 1. The van der Waals surface area contributed by atoms with Crippen LogP contribution in [0, 0.1) is 0 Å². The van der Waals surface area contributed by atoms with Crippen molar-refractivity contribution in [1.29, 1.82) is 0 Å². The van der Waals surface area contributed by atoms with E-state index in [-0.39, 0.29) is 5.41 Å². The molecule has 2 aromatic rings. The zero-order valence-corrected chi connectivity index (χ0v) is 11.8. The second-order valence-corrected chi connectivity index (χ2v) is 5.81. The lowest BCUT2D eigenvalue weighted by Gasteiger charge is -2.22. The molecule has 0 aliphatic rings. The predicted molar refractivity (Wildman–Crippen MR) is 78.2 cm³/mol. The van der Waals surface area contributed by atoms with E-state index in [4.69, 9.17) is 4.74 Å². The molecule has 2 rings (SSSR count). The Morgan fingerprint density at radius 1 is 0.944 bits per heavy atom. The molecule has 1 heteroatoms. The number of methoxy groups -OCH3 is 1. The van der Waals surface area contributed by atoms with Crippen LogP contribution < -0.4 is 0 Å². The van der Waals surface area contributed by atoms with Crippen molar-refractivity contribution in [1.82, 2.24) is 0 Å². The van der Waals surface area contributed by atoms with Gasteiger partial charge in [-0.05, 0) is 33.7 Å². The van der Waals surface area contributed by atoms with E-state index in [9.17, 15) is 0 Å². The Morgan fingerprint density at radius 3 is 2.28 bits per heavy atom. The van der Waals surface area contributed by atoms with Crippen LogP contribution in [0.15, 0.2) is 36.4 Å². The number of ether oxygens (including phenoxy) is 1. The summed E-state index contributed by atoms with van der Waals surface area (Å²) in [5, 5.41) is 2.74. The van der Waals surface area contributed by atoms with Crippen LogP contribution in [-0.4, -0.2) is 13.7 Å². The molecule has 0 bridgehead atoms. The molecule has 0 fully saturated rings. The Morgan fingerprint density at radius 2 is 1.61 bits per heavy atom. The molecule has 0 amide bonds. The molecule has 0 radical (unpaired) electrons. The number of benzene rings is 2. The highest BCUT2D eigenvalue weighted by Gasteiger charge is 2.16. The van der Waals surface area contributed by atoms with Crippen LogP contribution in [0.1, 0.15) is 31.9 Å². The lowest BCUT2D eigenvalue weighted by atomic mass is 9.83. The first kappa shape index (κ1) is 13.1. The fourth-order valence-electron chi connectivity index (χ4n) is 2.46. The predicted octanol–water partition coefficient (Wildman–Crippen LogP) is 4.33. The second-order valence-electron chi connectivity index (χ2n) is 5.81. The molecular formula is C17H22O. The average molecular weight is 242 g/mol. The maximum atomic E-state index is 5.19. The van der Waals surface area contributed by atoms with Crippen molar-refractivity contribution < 1.29 is 4.74 Å². The van der Waals surface area contributed by atoms with Gasteiger partial charge >= 0.3 is 0 Å². The van der Waals surface area contributed by atoms with E-state index in [1.807, 2.05) is 0 Å². The van der Waals surface area contributed by atoms with Crippen molar-refractivity contribution in [3.63, 3.8) is 0 Å². The Bertz CT molecular complexity index is 535. The van der Waals surface area contributed by atoms with Crippen LogP contribution in [0.2, 0.25) is 0 Å². The minimum Gasteiger partial charge on any atom is -0.384 e. The van der Waals surface area contributed by atoms with E-state index in [2.05, 4.69) is 57.2 Å². The second kappa shape index (κ2) is 5.11. The largest absolute Gasteiger partial charge is 0.384 e. The van der Waals surface area contributed by atoms with E-state index in [1.54, 1.807) is 7.11 Å². The van der Waals surface area contributed by atoms with Gasteiger partial charge in [0.15, 0.2) is 0 Å². The van der Waals surface area contributed by atoms with E-state index < -0.39 is 0 Å². The summed E-state index contributed by atoms with van der Waals surface area (Å²) in [7, 11) is 1.76. The Hall–Kier alpha value is -1.34. The third kappa shape index (κ3) is 2.56. The standard InChI is InChI=1S/C17H22O/c1-17(2,3)16-10-6-8-14-13(11-12-18-4)7-5-9-15(14)16/h5-10H,11-12H2,1-4H3. The lowest BCUT2D eigenvalue weighted by molar-refractivity contribution is 0.202. The van der Waals surface area contributed by atoms with Crippen LogP contribution in [0.4, 0.5) is 0 Å². The molecular weight excluding hydrogens is 220 g/mol. The SMILES string of the molecule is COCCc1cccc2c(C(C)(C)C)cccc12. The summed E-state index contributed by atoms with van der Waals surface area (Å²) < 4.78 is 5.19. The summed E-state index contributed by atoms with van der Waals surface area (Å²) in [6.45, 7) is 7.58. The van der Waals surface area contributed by atoms with Gasteiger partial charge < -0.3 is 4.74 Å². The molecule has 0 saturated carbocycles. The van der Waals surface area contributed by atoms with Gasteiger partial charge in [0.1, 0.15) is 0 Å². The van der Waals surface area contributed by atoms with Gasteiger partial charge in [0.2, 0.25) is 0 Å². The van der Waals surface area contributed by atoms with Crippen molar-refractivity contribution >= 4 is 10.8 Å². The first-order chi connectivity index (χ1) is 8.54. The van der Waals surface area contributed by atoms with Crippen LogP contribution >= 0.6 is 0 Å². The molecule has 0 atom stereocenters. The first-order valence-electron chi connectivity index (χ1n) is 6.54. The number of fused-ring (bicyclic) bond motifs is 1. The van der Waals surface area contributed by atoms with E-state index in [1.165, 1.54) is 21.9 Å². The van der Waals surface area contributed by atoms with E-state index >= 15 is 0 Å². The maximum Gasteiger partial charge on any atom is 0.0502 e. The minimum atomic E-state index is 0.180. The van der Waals surface area contributed by atoms with Crippen molar-refractivity contribution in [2.24, 2.45) is 0 Å².